The van der Waals surface area contributed by atoms with E-state index in [4.69, 9.17) is 16.2 Å². The van der Waals surface area contributed by atoms with Crippen LogP contribution in [0, 0.1) is 6.92 Å². The Morgan fingerprint density at radius 2 is 1.84 bits per heavy atom. The first-order valence-electron chi connectivity index (χ1n) is 5.75. The summed E-state index contributed by atoms with van der Waals surface area (Å²) in [7, 11) is 1.66. The quantitative estimate of drug-likeness (QED) is 0.658. The average Bonchev–Trinajstić information content (AvgIpc) is 2.35. The molecular formula is C13H16N4OS. The molecule has 0 saturated carbocycles. The molecule has 0 radical (unpaired) electrons. The van der Waals surface area contributed by atoms with E-state index in [1.807, 2.05) is 19.1 Å². The Labute approximate surface area is 116 Å². The standard InChI is InChI=1S/C13H16N4OS/c1-8-3-4-10(18-2)9(5-8)7-19-13-16-11(14)6-12(15)17-13/h3-6H,7H2,1-2H3,(H4,14,15,16,17). The van der Waals surface area contributed by atoms with E-state index in [1.54, 1.807) is 7.11 Å². The van der Waals surface area contributed by atoms with E-state index in [1.165, 1.54) is 23.4 Å². The van der Waals surface area contributed by atoms with Crippen molar-refractivity contribution in [2.24, 2.45) is 0 Å². The number of thioether (sulfide) groups is 1. The zero-order chi connectivity index (χ0) is 13.8. The molecule has 5 nitrogen and oxygen atoms in total. The molecule has 2 rings (SSSR count). The van der Waals surface area contributed by atoms with Crippen molar-refractivity contribution in [1.82, 2.24) is 9.97 Å². The number of aromatic nitrogens is 2. The first-order valence-corrected chi connectivity index (χ1v) is 6.73. The van der Waals surface area contributed by atoms with Gasteiger partial charge in [0.05, 0.1) is 7.11 Å². The maximum Gasteiger partial charge on any atom is 0.191 e. The number of nitrogens with two attached hydrogens (primary N) is 2. The number of ether oxygens (including phenoxy) is 1. The lowest BCUT2D eigenvalue weighted by Crippen LogP contribution is -1.99. The van der Waals surface area contributed by atoms with E-state index in [0.29, 0.717) is 22.5 Å². The lowest BCUT2D eigenvalue weighted by Gasteiger charge is -2.09. The Morgan fingerprint density at radius 1 is 1.16 bits per heavy atom. The molecule has 0 saturated heterocycles. The Hall–Kier alpha value is -1.95. The van der Waals surface area contributed by atoms with Gasteiger partial charge in [-0.1, -0.05) is 29.5 Å². The van der Waals surface area contributed by atoms with Crippen molar-refractivity contribution in [1.29, 1.82) is 0 Å². The number of hydrogen-bond donors (Lipinski definition) is 2. The molecule has 1 aromatic carbocycles. The molecule has 0 fully saturated rings. The summed E-state index contributed by atoms with van der Waals surface area (Å²) in [5, 5.41) is 0.570. The molecule has 19 heavy (non-hydrogen) atoms. The van der Waals surface area contributed by atoms with Crippen LogP contribution in [0.5, 0.6) is 5.75 Å². The van der Waals surface area contributed by atoms with E-state index in [0.717, 1.165) is 11.3 Å². The van der Waals surface area contributed by atoms with Crippen LogP contribution in [-0.4, -0.2) is 17.1 Å². The van der Waals surface area contributed by atoms with E-state index in [2.05, 4.69) is 16.0 Å². The molecular weight excluding hydrogens is 260 g/mol. The van der Waals surface area contributed by atoms with Crippen molar-refractivity contribution < 1.29 is 4.74 Å². The van der Waals surface area contributed by atoms with E-state index in [-0.39, 0.29) is 0 Å². The maximum atomic E-state index is 5.64. The van der Waals surface area contributed by atoms with E-state index < -0.39 is 0 Å². The number of methoxy groups -OCH3 is 1. The fourth-order valence-corrected chi connectivity index (χ4v) is 2.54. The highest BCUT2D eigenvalue weighted by Gasteiger charge is 2.07. The largest absolute Gasteiger partial charge is 0.496 e. The van der Waals surface area contributed by atoms with Crippen molar-refractivity contribution >= 4 is 23.4 Å². The lowest BCUT2D eigenvalue weighted by atomic mass is 10.1. The summed E-state index contributed by atoms with van der Waals surface area (Å²) < 4.78 is 5.33. The van der Waals surface area contributed by atoms with Crippen LogP contribution in [0.1, 0.15) is 11.1 Å². The van der Waals surface area contributed by atoms with Crippen LogP contribution in [0.25, 0.3) is 0 Å². The molecule has 0 aliphatic carbocycles. The highest BCUT2D eigenvalue weighted by molar-refractivity contribution is 7.98. The van der Waals surface area contributed by atoms with Crippen LogP contribution in [0.3, 0.4) is 0 Å². The third-order valence-electron chi connectivity index (χ3n) is 2.54. The smallest absolute Gasteiger partial charge is 0.191 e. The number of aryl methyl sites for hydroxylation is 1. The first kappa shape index (κ1) is 13.5. The van der Waals surface area contributed by atoms with Crippen LogP contribution in [0.15, 0.2) is 29.4 Å². The Morgan fingerprint density at radius 3 is 2.47 bits per heavy atom. The van der Waals surface area contributed by atoms with Crippen molar-refractivity contribution in [3.8, 4) is 5.75 Å². The predicted molar refractivity (Wildman–Crippen MR) is 78.1 cm³/mol. The van der Waals surface area contributed by atoms with Crippen molar-refractivity contribution in [2.75, 3.05) is 18.6 Å². The average molecular weight is 276 g/mol. The molecule has 0 aliphatic heterocycles. The minimum absolute atomic E-state index is 0.381. The monoisotopic (exact) mass is 276 g/mol. The van der Waals surface area contributed by atoms with Gasteiger partial charge in [0, 0.05) is 17.4 Å². The number of nitrogens with zero attached hydrogens (tertiary/aromatic N) is 2. The number of rotatable bonds is 4. The highest BCUT2D eigenvalue weighted by Crippen LogP contribution is 2.27. The van der Waals surface area contributed by atoms with Gasteiger partial charge in [-0.2, -0.15) is 0 Å². The van der Waals surface area contributed by atoms with Crippen LogP contribution < -0.4 is 16.2 Å². The molecule has 0 aliphatic rings. The normalized spacial score (nSPS) is 10.4. The summed E-state index contributed by atoms with van der Waals surface area (Å²) in [6.45, 7) is 2.04. The van der Waals surface area contributed by atoms with Crippen molar-refractivity contribution in [3.63, 3.8) is 0 Å². The van der Waals surface area contributed by atoms with Gasteiger partial charge in [-0.05, 0) is 13.0 Å². The van der Waals surface area contributed by atoms with Gasteiger partial charge in [-0.25, -0.2) is 9.97 Å². The fourth-order valence-electron chi connectivity index (χ4n) is 1.69. The van der Waals surface area contributed by atoms with Crippen LogP contribution in [0.2, 0.25) is 0 Å². The molecule has 0 amide bonds. The minimum atomic E-state index is 0.381. The van der Waals surface area contributed by atoms with E-state index >= 15 is 0 Å². The van der Waals surface area contributed by atoms with Gasteiger partial charge in [0.15, 0.2) is 5.16 Å². The van der Waals surface area contributed by atoms with Crippen LogP contribution >= 0.6 is 11.8 Å². The lowest BCUT2D eigenvalue weighted by molar-refractivity contribution is 0.411. The van der Waals surface area contributed by atoms with Gasteiger partial charge in [0.1, 0.15) is 17.4 Å². The van der Waals surface area contributed by atoms with Crippen molar-refractivity contribution in [3.05, 3.63) is 35.4 Å². The highest BCUT2D eigenvalue weighted by atomic mass is 32.2. The predicted octanol–water partition coefficient (Wildman–Crippen LogP) is 2.25. The summed E-state index contributed by atoms with van der Waals surface area (Å²) in [4.78, 5) is 8.27. The summed E-state index contributed by atoms with van der Waals surface area (Å²) in [5.74, 6) is 2.32. The number of benzene rings is 1. The molecule has 2 aromatic rings. The third kappa shape index (κ3) is 3.51. The molecule has 0 atom stereocenters. The number of anilines is 2. The second kappa shape index (κ2) is 5.79. The number of hydrogen-bond acceptors (Lipinski definition) is 6. The second-order valence-electron chi connectivity index (χ2n) is 4.10. The Balaban J connectivity index is 2.16. The summed E-state index contributed by atoms with van der Waals surface area (Å²) in [6, 6.07) is 7.60. The molecule has 0 spiro atoms. The summed E-state index contributed by atoms with van der Waals surface area (Å²) in [5.41, 5.74) is 13.6. The number of nitrogen functional groups attached to an aromatic ring is 2. The van der Waals surface area contributed by atoms with Gasteiger partial charge < -0.3 is 16.2 Å². The summed E-state index contributed by atoms with van der Waals surface area (Å²) >= 11 is 1.48. The Kier molecular flexibility index (Phi) is 4.11. The van der Waals surface area contributed by atoms with Gasteiger partial charge in [-0.3, -0.25) is 0 Å². The molecule has 6 heteroatoms. The first-order chi connectivity index (χ1) is 9.08. The molecule has 1 aromatic heterocycles. The molecule has 100 valence electrons. The van der Waals surface area contributed by atoms with Gasteiger partial charge in [0.2, 0.25) is 0 Å². The zero-order valence-corrected chi connectivity index (χ0v) is 11.7. The minimum Gasteiger partial charge on any atom is -0.496 e. The van der Waals surface area contributed by atoms with Gasteiger partial charge >= 0.3 is 0 Å². The second-order valence-corrected chi connectivity index (χ2v) is 5.05. The zero-order valence-electron chi connectivity index (χ0n) is 10.9. The Bertz CT molecular complexity index is 569. The molecule has 0 unspecified atom stereocenters. The molecule has 4 N–H and O–H groups in total. The maximum absolute atomic E-state index is 5.64. The topological polar surface area (TPSA) is 87.0 Å². The van der Waals surface area contributed by atoms with Crippen molar-refractivity contribution in [2.45, 2.75) is 17.8 Å². The fraction of sp³-hybridized carbons (Fsp3) is 0.231. The summed E-state index contributed by atoms with van der Waals surface area (Å²) in [6.07, 6.45) is 0. The van der Waals surface area contributed by atoms with Crippen LogP contribution in [0.4, 0.5) is 11.6 Å². The third-order valence-corrected chi connectivity index (χ3v) is 3.43. The van der Waals surface area contributed by atoms with Gasteiger partial charge in [0.25, 0.3) is 0 Å². The van der Waals surface area contributed by atoms with Gasteiger partial charge in [-0.15, -0.1) is 0 Å². The SMILES string of the molecule is COc1ccc(C)cc1CSc1nc(N)cc(N)n1. The molecule has 0 bridgehead atoms. The van der Waals surface area contributed by atoms with Crippen LogP contribution in [-0.2, 0) is 5.75 Å². The van der Waals surface area contributed by atoms with E-state index in [9.17, 15) is 0 Å². The molecule has 1 heterocycles.